The Morgan fingerprint density at radius 1 is 1.50 bits per heavy atom. The molecule has 0 aromatic carbocycles. The summed E-state index contributed by atoms with van der Waals surface area (Å²) in [6.07, 6.45) is 4.07. The van der Waals surface area contributed by atoms with Gasteiger partial charge in [0.2, 0.25) is 0 Å². The number of aromatic nitrogens is 2. The quantitative estimate of drug-likeness (QED) is 0.918. The Bertz CT molecular complexity index is 409. The van der Waals surface area contributed by atoms with Gasteiger partial charge in [-0.1, -0.05) is 0 Å². The second kappa shape index (κ2) is 5.84. The zero-order valence-corrected chi connectivity index (χ0v) is 12.7. The third kappa shape index (κ3) is 2.75. The molecule has 1 aromatic rings. The highest BCUT2D eigenvalue weighted by molar-refractivity contribution is 9.10. The predicted octanol–water partition coefficient (Wildman–Crippen LogP) is 1.81. The van der Waals surface area contributed by atoms with E-state index in [4.69, 9.17) is 0 Å². The van der Waals surface area contributed by atoms with Gasteiger partial charge in [-0.3, -0.25) is 0 Å². The highest BCUT2D eigenvalue weighted by Gasteiger charge is 2.28. The SMILES string of the molecule is CNc1ncnc(N2CCCC2CN(C)C)c1Br. The van der Waals surface area contributed by atoms with Crippen molar-refractivity contribution in [2.75, 3.05) is 44.4 Å². The largest absolute Gasteiger partial charge is 0.372 e. The van der Waals surface area contributed by atoms with Crippen molar-refractivity contribution in [3.63, 3.8) is 0 Å². The Hall–Kier alpha value is -0.880. The Morgan fingerprint density at radius 2 is 2.28 bits per heavy atom. The van der Waals surface area contributed by atoms with Crippen molar-refractivity contribution in [1.82, 2.24) is 14.9 Å². The van der Waals surface area contributed by atoms with Gasteiger partial charge in [-0.05, 0) is 42.9 Å². The summed E-state index contributed by atoms with van der Waals surface area (Å²) in [6, 6.07) is 0.538. The Kier molecular flexibility index (Phi) is 4.40. The zero-order valence-electron chi connectivity index (χ0n) is 11.1. The predicted molar refractivity (Wildman–Crippen MR) is 78.2 cm³/mol. The van der Waals surface area contributed by atoms with Crippen LogP contribution in [0.2, 0.25) is 0 Å². The first-order valence-corrected chi connectivity index (χ1v) is 7.02. The molecule has 1 saturated heterocycles. The maximum atomic E-state index is 4.44. The van der Waals surface area contributed by atoms with Crippen LogP contribution in [0.5, 0.6) is 0 Å². The van der Waals surface area contributed by atoms with Crippen LogP contribution in [-0.2, 0) is 0 Å². The number of hydrogen-bond donors (Lipinski definition) is 1. The van der Waals surface area contributed by atoms with Gasteiger partial charge in [0.1, 0.15) is 22.4 Å². The highest BCUT2D eigenvalue weighted by Crippen LogP contribution is 2.33. The summed E-state index contributed by atoms with van der Waals surface area (Å²) < 4.78 is 0.957. The normalized spacial score (nSPS) is 19.6. The van der Waals surface area contributed by atoms with E-state index in [1.165, 1.54) is 12.8 Å². The van der Waals surface area contributed by atoms with Crippen LogP contribution < -0.4 is 10.2 Å². The molecule has 0 saturated carbocycles. The molecule has 5 nitrogen and oxygen atoms in total. The van der Waals surface area contributed by atoms with Crippen LogP contribution in [0.25, 0.3) is 0 Å². The molecule has 1 N–H and O–H groups in total. The molecule has 100 valence electrons. The number of halogens is 1. The van der Waals surface area contributed by atoms with Crippen molar-refractivity contribution in [2.45, 2.75) is 18.9 Å². The van der Waals surface area contributed by atoms with Gasteiger partial charge in [0.15, 0.2) is 0 Å². The van der Waals surface area contributed by atoms with E-state index in [1.54, 1.807) is 6.33 Å². The minimum atomic E-state index is 0.538. The van der Waals surface area contributed by atoms with Crippen LogP contribution in [0.15, 0.2) is 10.8 Å². The van der Waals surface area contributed by atoms with E-state index in [1.807, 2.05) is 7.05 Å². The molecule has 0 spiro atoms. The standard InChI is InChI=1S/C12H20BrN5/c1-14-11-10(13)12(16-8-15-11)18-6-4-5-9(18)7-17(2)3/h8-9H,4-7H2,1-3H3,(H,14,15,16). The van der Waals surface area contributed by atoms with Gasteiger partial charge in [0.05, 0.1) is 0 Å². The van der Waals surface area contributed by atoms with E-state index in [2.05, 4.69) is 55.1 Å². The fourth-order valence-electron chi connectivity index (χ4n) is 2.46. The maximum absolute atomic E-state index is 4.44. The fraction of sp³-hybridized carbons (Fsp3) is 0.667. The molecule has 1 unspecified atom stereocenters. The summed E-state index contributed by atoms with van der Waals surface area (Å²) in [5.41, 5.74) is 0. The van der Waals surface area contributed by atoms with E-state index in [-0.39, 0.29) is 0 Å². The molecule has 0 radical (unpaired) electrons. The molecule has 0 bridgehead atoms. The van der Waals surface area contributed by atoms with Crippen molar-refractivity contribution < 1.29 is 0 Å². The van der Waals surface area contributed by atoms with E-state index >= 15 is 0 Å². The molecule has 2 heterocycles. The summed E-state index contributed by atoms with van der Waals surface area (Å²) in [4.78, 5) is 13.3. The molecule has 1 atom stereocenters. The van der Waals surface area contributed by atoms with Crippen LogP contribution in [0.4, 0.5) is 11.6 Å². The number of hydrogen-bond acceptors (Lipinski definition) is 5. The molecule has 2 rings (SSSR count). The highest BCUT2D eigenvalue weighted by atomic mass is 79.9. The van der Waals surface area contributed by atoms with Gasteiger partial charge in [0, 0.05) is 26.2 Å². The second-order valence-electron chi connectivity index (χ2n) is 4.86. The fourth-order valence-corrected chi connectivity index (χ4v) is 3.09. The average Bonchev–Trinajstić information content (AvgIpc) is 2.76. The van der Waals surface area contributed by atoms with Crippen LogP contribution >= 0.6 is 15.9 Å². The van der Waals surface area contributed by atoms with Crippen molar-refractivity contribution in [1.29, 1.82) is 0 Å². The van der Waals surface area contributed by atoms with E-state index < -0.39 is 0 Å². The number of rotatable bonds is 4. The molecular weight excluding hydrogens is 294 g/mol. The third-order valence-corrected chi connectivity index (χ3v) is 3.96. The maximum Gasteiger partial charge on any atom is 0.148 e. The van der Waals surface area contributed by atoms with Gasteiger partial charge >= 0.3 is 0 Å². The monoisotopic (exact) mass is 313 g/mol. The topological polar surface area (TPSA) is 44.3 Å². The average molecular weight is 314 g/mol. The lowest BCUT2D eigenvalue weighted by molar-refractivity contribution is 0.371. The Labute approximate surface area is 117 Å². The van der Waals surface area contributed by atoms with Gasteiger partial charge < -0.3 is 15.1 Å². The van der Waals surface area contributed by atoms with Gasteiger partial charge in [-0.2, -0.15) is 0 Å². The van der Waals surface area contributed by atoms with E-state index in [0.717, 1.165) is 29.2 Å². The number of nitrogens with one attached hydrogen (secondary N) is 1. The molecule has 0 amide bonds. The minimum Gasteiger partial charge on any atom is -0.372 e. The van der Waals surface area contributed by atoms with Crippen molar-refractivity contribution in [3.05, 3.63) is 10.8 Å². The van der Waals surface area contributed by atoms with Crippen LogP contribution in [0.3, 0.4) is 0 Å². The molecule has 6 heteroatoms. The second-order valence-corrected chi connectivity index (χ2v) is 5.65. The summed E-state index contributed by atoms with van der Waals surface area (Å²) in [7, 11) is 6.10. The van der Waals surface area contributed by atoms with Crippen molar-refractivity contribution in [2.24, 2.45) is 0 Å². The first kappa shape index (κ1) is 13.5. The molecule has 1 fully saturated rings. The summed E-state index contributed by atoms with van der Waals surface area (Å²) in [5.74, 6) is 1.84. The van der Waals surface area contributed by atoms with Gasteiger partial charge in [0.25, 0.3) is 0 Å². The van der Waals surface area contributed by atoms with Crippen LogP contribution in [-0.4, -0.2) is 55.1 Å². The lowest BCUT2D eigenvalue weighted by atomic mass is 10.2. The van der Waals surface area contributed by atoms with Crippen LogP contribution in [0.1, 0.15) is 12.8 Å². The number of anilines is 2. The van der Waals surface area contributed by atoms with E-state index in [0.29, 0.717) is 6.04 Å². The number of likely N-dealkylation sites (N-methyl/N-ethyl adjacent to an activating group) is 1. The van der Waals surface area contributed by atoms with Crippen molar-refractivity contribution in [3.8, 4) is 0 Å². The Balaban J connectivity index is 2.24. The van der Waals surface area contributed by atoms with Crippen molar-refractivity contribution >= 4 is 27.6 Å². The summed E-state index contributed by atoms with van der Waals surface area (Å²) >= 11 is 3.60. The smallest absolute Gasteiger partial charge is 0.148 e. The summed E-state index contributed by atoms with van der Waals surface area (Å²) in [6.45, 7) is 2.13. The van der Waals surface area contributed by atoms with Crippen LogP contribution in [0, 0.1) is 0 Å². The third-order valence-electron chi connectivity index (χ3n) is 3.23. The molecular formula is C12H20BrN5. The molecule has 1 aliphatic heterocycles. The lowest BCUT2D eigenvalue weighted by Crippen LogP contribution is -2.38. The zero-order chi connectivity index (χ0) is 13.1. The minimum absolute atomic E-state index is 0.538. The van der Waals surface area contributed by atoms with Gasteiger partial charge in [-0.15, -0.1) is 0 Å². The number of nitrogens with zero attached hydrogens (tertiary/aromatic N) is 4. The van der Waals surface area contributed by atoms with E-state index in [9.17, 15) is 0 Å². The lowest BCUT2D eigenvalue weighted by Gasteiger charge is -2.29. The first-order valence-electron chi connectivity index (χ1n) is 6.23. The molecule has 1 aromatic heterocycles. The molecule has 0 aliphatic carbocycles. The molecule has 1 aliphatic rings. The van der Waals surface area contributed by atoms with Gasteiger partial charge in [-0.25, -0.2) is 9.97 Å². The Morgan fingerprint density at radius 3 is 2.94 bits per heavy atom. The molecule has 18 heavy (non-hydrogen) atoms. The first-order chi connectivity index (χ1) is 8.63. The summed E-state index contributed by atoms with van der Waals surface area (Å²) in [5, 5.41) is 3.08.